The highest BCUT2D eigenvalue weighted by Crippen LogP contribution is 2.24. The van der Waals surface area contributed by atoms with Crippen LogP contribution in [-0.4, -0.2) is 71.7 Å². The molecule has 1 aliphatic rings. The van der Waals surface area contributed by atoms with Crippen LogP contribution in [0, 0.1) is 0 Å². The molecule has 0 radical (unpaired) electrons. The molecule has 2 heterocycles. The van der Waals surface area contributed by atoms with Gasteiger partial charge in [0.25, 0.3) is 0 Å². The third-order valence-corrected chi connectivity index (χ3v) is 7.58. The molecular formula is C33H40N6O2. The highest BCUT2D eigenvalue weighted by atomic mass is 16.5. The van der Waals surface area contributed by atoms with Gasteiger partial charge in [0.05, 0.1) is 19.3 Å². The van der Waals surface area contributed by atoms with Crippen molar-refractivity contribution in [1.82, 2.24) is 25.1 Å². The molecule has 2 amide bonds. The molecule has 3 aromatic carbocycles. The van der Waals surface area contributed by atoms with Gasteiger partial charge in [-0.25, -0.2) is 14.8 Å². The minimum atomic E-state index is -0.112. The summed E-state index contributed by atoms with van der Waals surface area (Å²) in [5.41, 5.74) is 3.47. The predicted octanol–water partition coefficient (Wildman–Crippen LogP) is 5.28. The molecule has 2 N–H and O–H groups in total. The molecule has 1 atom stereocenters. The Morgan fingerprint density at radius 2 is 1.68 bits per heavy atom. The van der Waals surface area contributed by atoms with E-state index in [4.69, 9.17) is 4.74 Å². The third kappa shape index (κ3) is 8.25. The molecule has 1 unspecified atom stereocenters. The van der Waals surface area contributed by atoms with Gasteiger partial charge >= 0.3 is 6.03 Å². The van der Waals surface area contributed by atoms with Crippen LogP contribution in [0.1, 0.15) is 36.1 Å². The summed E-state index contributed by atoms with van der Waals surface area (Å²) in [5.74, 6) is 0.639. The number of benzene rings is 3. The Morgan fingerprint density at radius 1 is 0.951 bits per heavy atom. The zero-order chi connectivity index (χ0) is 28.3. The number of nitrogens with zero attached hydrogens (tertiary/aromatic N) is 4. The lowest BCUT2D eigenvalue weighted by atomic mass is 10.00. The molecule has 1 aliphatic heterocycles. The van der Waals surface area contributed by atoms with Crippen molar-refractivity contribution < 1.29 is 9.53 Å². The summed E-state index contributed by atoms with van der Waals surface area (Å²) in [6, 6.07) is 24.8. The van der Waals surface area contributed by atoms with Gasteiger partial charge in [0.1, 0.15) is 0 Å². The standard InChI is InChI=1S/C33H40N6O2/c1-26(30-10-4-8-29-7-2-3-9-31(29)30)37-33(40)39(20-6-19-38-21-23-41-24-22-38)25-28-13-11-27(12-14-28)15-18-36-32-34-16-5-17-35-32/h2-5,7-14,16-17,26H,6,15,18-25H2,1H3,(H,37,40)(H,34,35,36). The first kappa shape index (κ1) is 28.5. The van der Waals surface area contributed by atoms with E-state index in [2.05, 4.69) is 87.0 Å². The van der Waals surface area contributed by atoms with Gasteiger partial charge in [0.15, 0.2) is 0 Å². The highest BCUT2D eigenvalue weighted by molar-refractivity contribution is 5.86. The Hall–Kier alpha value is -4.01. The minimum Gasteiger partial charge on any atom is -0.379 e. The lowest BCUT2D eigenvalue weighted by Crippen LogP contribution is -2.43. The molecule has 0 saturated carbocycles. The number of urea groups is 1. The monoisotopic (exact) mass is 552 g/mol. The van der Waals surface area contributed by atoms with Gasteiger partial charge < -0.3 is 20.3 Å². The normalized spacial score (nSPS) is 14.5. The number of carbonyl (C=O) groups is 1. The van der Waals surface area contributed by atoms with Crippen LogP contribution in [0.3, 0.4) is 0 Å². The molecular weight excluding hydrogens is 512 g/mol. The Bertz CT molecular complexity index is 1370. The number of hydrogen-bond acceptors (Lipinski definition) is 6. The van der Waals surface area contributed by atoms with Crippen molar-refractivity contribution in [3.63, 3.8) is 0 Å². The van der Waals surface area contributed by atoms with Gasteiger partial charge in [0.2, 0.25) is 5.95 Å². The molecule has 0 spiro atoms. The number of morpholine rings is 1. The maximum Gasteiger partial charge on any atom is 0.318 e. The van der Waals surface area contributed by atoms with Crippen molar-refractivity contribution >= 4 is 22.8 Å². The van der Waals surface area contributed by atoms with Crippen LogP contribution in [0.2, 0.25) is 0 Å². The van der Waals surface area contributed by atoms with Crippen molar-refractivity contribution in [2.45, 2.75) is 32.4 Å². The second kappa shape index (κ2) is 14.6. The Morgan fingerprint density at radius 3 is 2.49 bits per heavy atom. The van der Waals surface area contributed by atoms with Gasteiger partial charge in [-0.1, -0.05) is 66.7 Å². The predicted molar refractivity (Wildman–Crippen MR) is 164 cm³/mol. The van der Waals surface area contributed by atoms with E-state index in [1.54, 1.807) is 18.5 Å². The Balaban J connectivity index is 1.21. The zero-order valence-electron chi connectivity index (χ0n) is 23.8. The van der Waals surface area contributed by atoms with E-state index in [1.807, 2.05) is 17.0 Å². The van der Waals surface area contributed by atoms with Crippen LogP contribution < -0.4 is 10.6 Å². The number of nitrogens with one attached hydrogen (secondary N) is 2. The summed E-state index contributed by atoms with van der Waals surface area (Å²) >= 11 is 0. The SMILES string of the molecule is CC(NC(=O)N(CCCN1CCOCC1)Cc1ccc(CCNc2ncccn2)cc1)c1cccc2ccccc12. The van der Waals surface area contributed by atoms with Crippen molar-refractivity contribution in [3.8, 4) is 0 Å². The average Bonchev–Trinajstić information content (AvgIpc) is 3.02. The van der Waals surface area contributed by atoms with Crippen molar-refractivity contribution in [1.29, 1.82) is 0 Å². The van der Waals surface area contributed by atoms with E-state index in [1.165, 1.54) is 16.3 Å². The van der Waals surface area contributed by atoms with Crippen molar-refractivity contribution in [2.75, 3.05) is 51.3 Å². The van der Waals surface area contributed by atoms with E-state index in [0.717, 1.165) is 63.4 Å². The number of ether oxygens (including phenoxy) is 1. The summed E-state index contributed by atoms with van der Waals surface area (Å²) in [7, 11) is 0. The number of rotatable bonds is 12. The number of fused-ring (bicyclic) bond motifs is 1. The van der Waals surface area contributed by atoms with Crippen LogP contribution in [0.5, 0.6) is 0 Å². The lowest BCUT2D eigenvalue weighted by molar-refractivity contribution is 0.0364. The first-order valence-electron chi connectivity index (χ1n) is 14.6. The van der Waals surface area contributed by atoms with Crippen LogP contribution >= 0.6 is 0 Å². The smallest absolute Gasteiger partial charge is 0.318 e. The van der Waals surface area contributed by atoms with Gasteiger partial charge in [-0.15, -0.1) is 0 Å². The fourth-order valence-electron chi connectivity index (χ4n) is 5.29. The van der Waals surface area contributed by atoms with Crippen molar-refractivity contribution in [3.05, 3.63) is 102 Å². The molecule has 4 aromatic rings. The van der Waals surface area contributed by atoms with E-state index in [-0.39, 0.29) is 12.1 Å². The van der Waals surface area contributed by atoms with Crippen molar-refractivity contribution in [2.24, 2.45) is 0 Å². The van der Waals surface area contributed by atoms with Gasteiger partial charge in [-0.2, -0.15) is 0 Å². The number of anilines is 1. The quantitative estimate of drug-likeness (QED) is 0.249. The topological polar surface area (TPSA) is 82.6 Å². The maximum atomic E-state index is 13.7. The lowest BCUT2D eigenvalue weighted by Gasteiger charge is -2.29. The summed E-state index contributed by atoms with van der Waals surface area (Å²) < 4.78 is 5.49. The molecule has 1 fully saturated rings. The second-order valence-corrected chi connectivity index (χ2v) is 10.5. The summed E-state index contributed by atoms with van der Waals surface area (Å²) in [6.07, 6.45) is 5.25. The number of amides is 2. The number of hydrogen-bond donors (Lipinski definition) is 2. The molecule has 41 heavy (non-hydrogen) atoms. The first-order chi connectivity index (χ1) is 20.2. The second-order valence-electron chi connectivity index (χ2n) is 10.5. The van der Waals surface area contributed by atoms with Gasteiger partial charge in [0, 0.05) is 51.7 Å². The van der Waals surface area contributed by atoms with Crippen LogP contribution in [0.4, 0.5) is 10.7 Å². The third-order valence-electron chi connectivity index (χ3n) is 7.58. The Kier molecular flexibility index (Phi) is 10.1. The first-order valence-corrected chi connectivity index (χ1v) is 14.6. The average molecular weight is 553 g/mol. The van der Waals surface area contributed by atoms with Crippen LogP contribution in [0.15, 0.2) is 85.2 Å². The van der Waals surface area contributed by atoms with E-state index in [9.17, 15) is 4.79 Å². The molecule has 1 aromatic heterocycles. The minimum absolute atomic E-state index is 0.0384. The van der Waals surface area contributed by atoms with Gasteiger partial charge in [-0.3, -0.25) is 4.90 Å². The van der Waals surface area contributed by atoms with E-state index >= 15 is 0 Å². The fraction of sp³-hybridized carbons (Fsp3) is 0.364. The van der Waals surface area contributed by atoms with Gasteiger partial charge in [-0.05, 0) is 53.3 Å². The molecule has 5 rings (SSSR count). The number of aromatic nitrogens is 2. The zero-order valence-corrected chi connectivity index (χ0v) is 23.8. The highest BCUT2D eigenvalue weighted by Gasteiger charge is 2.19. The summed E-state index contributed by atoms with van der Waals surface area (Å²) in [4.78, 5) is 26.4. The molecule has 1 saturated heterocycles. The largest absolute Gasteiger partial charge is 0.379 e. The van der Waals surface area contributed by atoms with Crippen LogP contribution in [-0.2, 0) is 17.7 Å². The molecule has 0 bridgehead atoms. The molecule has 8 nitrogen and oxygen atoms in total. The molecule has 214 valence electrons. The van der Waals surface area contributed by atoms with E-state index in [0.29, 0.717) is 19.0 Å². The maximum absolute atomic E-state index is 13.7. The molecule has 8 heteroatoms. The summed E-state index contributed by atoms with van der Waals surface area (Å²) in [6.45, 7) is 8.51. The Labute approximate surface area is 242 Å². The van der Waals surface area contributed by atoms with Crippen LogP contribution in [0.25, 0.3) is 10.8 Å². The molecule has 0 aliphatic carbocycles. The van der Waals surface area contributed by atoms with E-state index < -0.39 is 0 Å². The fourth-order valence-corrected chi connectivity index (χ4v) is 5.29. The number of carbonyl (C=O) groups excluding carboxylic acids is 1. The summed E-state index contributed by atoms with van der Waals surface area (Å²) in [5, 5.41) is 8.89.